The van der Waals surface area contributed by atoms with Crippen LogP contribution in [-0.4, -0.2) is 15.5 Å². The zero-order valence-corrected chi connectivity index (χ0v) is 11.1. The first-order valence-electron chi connectivity index (χ1n) is 6.14. The Kier molecular flexibility index (Phi) is 3.07. The average molecular weight is 288 g/mol. The lowest BCUT2D eigenvalue weighted by Crippen LogP contribution is -2.30. The third-order valence-corrected chi connectivity index (χ3v) is 3.04. The van der Waals surface area contributed by atoms with Gasteiger partial charge in [0.15, 0.2) is 17.0 Å². The first kappa shape index (κ1) is 13.1. The Hall–Kier alpha value is -2.87. The second-order valence-corrected chi connectivity index (χ2v) is 4.48. The van der Waals surface area contributed by atoms with Gasteiger partial charge < -0.3 is 8.83 Å². The van der Waals surface area contributed by atoms with E-state index in [2.05, 4.69) is 4.98 Å². The number of nitrogens with two attached hydrogens (primary N) is 1. The van der Waals surface area contributed by atoms with Crippen molar-refractivity contribution < 1.29 is 13.6 Å². The average Bonchev–Trinajstić information content (AvgIpc) is 2.99. The number of nitrogens with one attached hydrogen (secondary N) is 1. The summed E-state index contributed by atoms with van der Waals surface area (Å²) in [6, 6.07) is 5.00. The Morgan fingerprint density at radius 1 is 1.48 bits per heavy atom. The van der Waals surface area contributed by atoms with E-state index >= 15 is 0 Å². The number of amides is 1. The van der Waals surface area contributed by atoms with Crippen LogP contribution in [0.5, 0.6) is 0 Å². The summed E-state index contributed by atoms with van der Waals surface area (Å²) < 4.78 is 11.8. The van der Waals surface area contributed by atoms with Crippen molar-refractivity contribution in [1.82, 2.24) is 15.0 Å². The van der Waals surface area contributed by atoms with Gasteiger partial charge in [-0.25, -0.2) is 15.6 Å². The number of furan rings is 1. The number of aromatic nitrogens is 2. The highest BCUT2D eigenvalue weighted by atomic mass is 16.4. The Bertz CT molecular complexity index is 874. The molecule has 3 N–H and O–H groups in total. The molecule has 0 bridgehead atoms. The number of aryl methyl sites for hydroxylation is 1. The summed E-state index contributed by atoms with van der Waals surface area (Å²) in [5.41, 5.74) is 3.44. The van der Waals surface area contributed by atoms with Gasteiger partial charge in [-0.1, -0.05) is 0 Å². The van der Waals surface area contributed by atoms with Gasteiger partial charge in [0, 0.05) is 11.8 Å². The monoisotopic (exact) mass is 288 g/mol. The third kappa shape index (κ3) is 2.21. The highest BCUT2D eigenvalue weighted by Gasteiger charge is 2.17. The summed E-state index contributed by atoms with van der Waals surface area (Å²) in [4.78, 5) is 27.4. The molecule has 0 saturated carbocycles. The van der Waals surface area contributed by atoms with Crippen LogP contribution < -0.4 is 17.0 Å². The Balaban J connectivity index is 2.01. The number of hydrazine groups is 1. The van der Waals surface area contributed by atoms with Gasteiger partial charge in [-0.2, -0.15) is 0 Å². The summed E-state index contributed by atoms with van der Waals surface area (Å²) in [5, 5.41) is 0. The molecule has 3 rings (SSSR count). The lowest BCUT2D eigenvalue weighted by Gasteiger charge is -1.98. The largest absolute Gasteiger partial charge is 0.454 e. The molecule has 0 radical (unpaired) electrons. The van der Waals surface area contributed by atoms with E-state index in [0.29, 0.717) is 22.6 Å². The molecule has 0 unspecified atom stereocenters. The zero-order valence-electron chi connectivity index (χ0n) is 11.1. The minimum Gasteiger partial charge on any atom is -0.454 e. The standard InChI is InChI=1S/C13H12N4O4/c1-7-5-8(20-10(7)12(18)16-14)6-17-11-9(21-13(17)19)3-2-4-15-11/h2-5H,6,14H2,1H3,(H,16,18). The Morgan fingerprint density at radius 3 is 3.05 bits per heavy atom. The van der Waals surface area contributed by atoms with Gasteiger partial charge in [-0.15, -0.1) is 0 Å². The molecule has 8 heteroatoms. The van der Waals surface area contributed by atoms with Crippen LogP contribution >= 0.6 is 0 Å². The maximum absolute atomic E-state index is 11.8. The number of oxazole rings is 1. The predicted octanol–water partition coefficient (Wildman–Crippen LogP) is 0.543. The molecule has 3 aromatic rings. The smallest absolute Gasteiger partial charge is 0.421 e. The van der Waals surface area contributed by atoms with E-state index in [-0.39, 0.29) is 12.3 Å². The molecule has 0 spiro atoms. The molecule has 1 amide bonds. The van der Waals surface area contributed by atoms with Crippen LogP contribution in [0.2, 0.25) is 0 Å². The predicted molar refractivity (Wildman–Crippen MR) is 72.5 cm³/mol. The minimum atomic E-state index is -0.539. The molecule has 3 heterocycles. The summed E-state index contributed by atoms with van der Waals surface area (Å²) in [5.74, 6) is 4.56. The molecule has 8 nitrogen and oxygen atoms in total. The molecule has 0 fully saturated rings. The SMILES string of the molecule is Cc1cc(Cn2c(=O)oc3cccnc32)oc1C(=O)NN. The topological polar surface area (TPSA) is 116 Å². The van der Waals surface area contributed by atoms with Crippen LogP contribution in [0.3, 0.4) is 0 Å². The molecule has 21 heavy (non-hydrogen) atoms. The molecule has 108 valence electrons. The van der Waals surface area contributed by atoms with Gasteiger partial charge in [-0.05, 0) is 25.1 Å². The molecule has 0 aliphatic carbocycles. The fraction of sp³-hybridized carbons (Fsp3) is 0.154. The molecule has 0 atom stereocenters. The number of nitrogens with zero attached hydrogens (tertiary/aromatic N) is 2. The van der Waals surface area contributed by atoms with Crippen molar-refractivity contribution in [1.29, 1.82) is 0 Å². The van der Waals surface area contributed by atoms with Crippen molar-refractivity contribution in [3.8, 4) is 0 Å². The fourth-order valence-electron chi connectivity index (χ4n) is 2.11. The number of nitrogen functional groups attached to an aromatic ring is 1. The van der Waals surface area contributed by atoms with Gasteiger partial charge in [0.2, 0.25) is 0 Å². The first-order chi connectivity index (χ1) is 10.1. The van der Waals surface area contributed by atoms with Gasteiger partial charge in [0.25, 0.3) is 0 Å². The van der Waals surface area contributed by atoms with Crippen LogP contribution in [-0.2, 0) is 6.54 Å². The highest BCUT2D eigenvalue weighted by Crippen LogP contribution is 2.17. The second-order valence-electron chi connectivity index (χ2n) is 4.48. The number of fused-ring (bicyclic) bond motifs is 1. The summed E-state index contributed by atoms with van der Waals surface area (Å²) in [6.45, 7) is 1.83. The van der Waals surface area contributed by atoms with Crippen molar-refractivity contribution in [3.63, 3.8) is 0 Å². The maximum atomic E-state index is 11.8. The number of hydrogen-bond acceptors (Lipinski definition) is 6. The minimum absolute atomic E-state index is 0.112. The van der Waals surface area contributed by atoms with Crippen LogP contribution in [0.15, 0.2) is 38.0 Å². The quantitative estimate of drug-likeness (QED) is 0.413. The molecular weight excluding hydrogens is 276 g/mol. The van der Waals surface area contributed by atoms with Crippen molar-refractivity contribution in [3.05, 3.63) is 52.0 Å². The first-order valence-corrected chi connectivity index (χ1v) is 6.14. The lowest BCUT2D eigenvalue weighted by atomic mass is 10.2. The number of pyridine rings is 1. The zero-order chi connectivity index (χ0) is 15.0. The summed E-state index contributed by atoms with van der Waals surface area (Å²) in [7, 11) is 0. The number of rotatable bonds is 3. The molecule has 0 aromatic carbocycles. The van der Waals surface area contributed by atoms with Gasteiger partial charge in [-0.3, -0.25) is 14.8 Å². The summed E-state index contributed by atoms with van der Waals surface area (Å²) >= 11 is 0. The van der Waals surface area contributed by atoms with Gasteiger partial charge in [0.1, 0.15) is 5.76 Å². The van der Waals surface area contributed by atoms with Crippen LogP contribution in [0.1, 0.15) is 21.9 Å². The van der Waals surface area contributed by atoms with Crippen LogP contribution in [0, 0.1) is 6.92 Å². The van der Waals surface area contributed by atoms with Crippen molar-refractivity contribution in [2.75, 3.05) is 0 Å². The van der Waals surface area contributed by atoms with Crippen LogP contribution in [0.4, 0.5) is 0 Å². The number of hydrogen-bond donors (Lipinski definition) is 2. The van der Waals surface area contributed by atoms with E-state index in [4.69, 9.17) is 14.7 Å². The van der Waals surface area contributed by atoms with Gasteiger partial charge in [0.05, 0.1) is 6.54 Å². The van der Waals surface area contributed by atoms with E-state index < -0.39 is 11.7 Å². The van der Waals surface area contributed by atoms with Crippen molar-refractivity contribution in [2.24, 2.45) is 5.84 Å². The van der Waals surface area contributed by atoms with Crippen LogP contribution in [0.25, 0.3) is 11.2 Å². The number of carbonyl (C=O) groups is 1. The molecule has 0 aliphatic rings. The Morgan fingerprint density at radius 2 is 2.29 bits per heavy atom. The van der Waals surface area contributed by atoms with Crippen molar-refractivity contribution >= 4 is 17.1 Å². The normalized spacial score (nSPS) is 11.0. The van der Waals surface area contributed by atoms with E-state index in [9.17, 15) is 9.59 Å². The van der Waals surface area contributed by atoms with E-state index in [1.54, 1.807) is 31.3 Å². The Labute approximate surface area is 118 Å². The third-order valence-electron chi connectivity index (χ3n) is 3.04. The van der Waals surface area contributed by atoms with E-state index in [1.165, 1.54) is 4.57 Å². The highest BCUT2D eigenvalue weighted by molar-refractivity contribution is 5.92. The second kappa shape index (κ2) is 4.91. The van der Waals surface area contributed by atoms with Crippen molar-refractivity contribution in [2.45, 2.75) is 13.5 Å². The summed E-state index contributed by atoms with van der Waals surface area (Å²) in [6.07, 6.45) is 1.56. The molecular formula is C13H12N4O4. The maximum Gasteiger partial charge on any atom is 0.421 e. The lowest BCUT2D eigenvalue weighted by molar-refractivity contribution is 0.0923. The van der Waals surface area contributed by atoms with E-state index in [1.807, 2.05) is 5.43 Å². The molecule has 0 saturated heterocycles. The number of carbonyl (C=O) groups excluding carboxylic acids is 1. The van der Waals surface area contributed by atoms with Gasteiger partial charge >= 0.3 is 11.7 Å². The molecule has 3 aromatic heterocycles. The molecule has 0 aliphatic heterocycles. The van der Waals surface area contributed by atoms with E-state index in [0.717, 1.165) is 0 Å². The fourth-order valence-corrected chi connectivity index (χ4v) is 2.11.